The van der Waals surface area contributed by atoms with E-state index in [0.29, 0.717) is 12.0 Å². The van der Waals surface area contributed by atoms with Crippen LogP contribution in [-0.2, 0) is 14.3 Å². The molecular weight excluding hydrogens is 375 g/mol. The third-order valence-electron chi connectivity index (χ3n) is 5.17. The van der Waals surface area contributed by atoms with Gasteiger partial charge in [-0.05, 0) is 61.2 Å². The lowest BCUT2D eigenvalue weighted by Gasteiger charge is -2.27. The van der Waals surface area contributed by atoms with Gasteiger partial charge in [-0.1, -0.05) is 0 Å². The van der Waals surface area contributed by atoms with E-state index in [0.717, 1.165) is 30.0 Å². The van der Waals surface area contributed by atoms with E-state index < -0.39 is 11.8 Å². The summed E-state index contributed by atoms with van der Waals surface area (Å²) in [5, 5.41) is 2.76. The number of halogens is 1. The zero-order valence-corrected chi connectivity index (χ0v) is 16.0. The van der Waals surface area contributed by atoms with Crippen LogP contribution in [0.4, 0.5) is 10.1 Å². The molecule has 1 amide bonds. The monoisotopic (exact) mass is 396 g/mol. The Kier molecular flexibility index (Phi) is 5.40. The molecule has 7 heteroatoms. The van der Waals surface area contributed by atoms with Crippen LogP contribution in [0.25, 0.3) is 5.57 Å². The minimum absolute atomic E-state index is 0.0225. The Hall–Kier alpha value is -3.06. The summed E-state index contributed by atoms with van der Waals surface area (Å²) in [6.45, 7) is 1.81. The van der Waals surface area contributed by atoms with Crippen molar-refractivity contribution in [1.29, 1.82) is 0 Å². The van der Waals surface area contributed by atoms with Crippen molar-refractivity contribution in [2.45, 2.75) is 38.4 Å². The summed E-state index contributed by atoms with van der Waals surface area (Å²) in [5.74, 6) is -1.76. The summed E-state index contributed by atoms with van der Waals surface area (Å²) in [4.78, 5) is 28.8. The van der Waals surface area contributed by atoms with E-state index >= 15 is 0 Å². The summed E-state index contributed by atoms with van der Waals surface area (Å²) in [5.41, 5.74) is 2.53. The van der Waals surface area contributed by atoms with Gasteiger partial charge in [0.05, 0.1) is 24.4 Å². The maximum absolute atomic E-state index is 14.3. The molecule has 0 spiro atoms. The van der Waals surface area contributed by atoms with Crippen molar-refractivity contribution in [3.05, 3.63) is 65.2 Å². The van der Waals surface area contributed by atoms with Crippen LogP contribution in [0.3, 0.4) is 0 Å². The number of ether oxygens (including phenoxy) is 2. The molecule has 0 radical (unpaired) electrons. The van der Waals surface area contributed by atoms with E-state index in [-0.39, 0.29) is 36.0 Å². The summed E-state index contributed by atoms with van der Waals surface area (Å²) in [6.07, 6.45) is 5.53. The van der Waals surface area contributed by atoms with E-state index in [2.05, 4.69) is 10.3 Å². The Morgan fingerprint density at radius 2 is 2.03 bits per heavy atom. The van der Waals surface area contributed by atoms with Crippen molar-refractivity contribution in [2.75, 3.05) is 11.9 Å². The second-order valence-electron chi connectivity index (χ2n) is 7.03. The second kappa shape index (κ2) is 8.13. The van der Waals surface area contributed by atoms with Gasteiger partial charge in [0.25, 0.3) is 5.91 Å². The fourth-order valence-corrected chi connectivity index (χ4v) is 3.88. The molecule has 0 saturated carbocycles. The molecule has 1 aromatic heterocycles. The van der Waals surface area contributed by atoms with Crippen LogP contribution < -0.4 is 5.32 Å². The van der Waals surface area contributed by atoms with Crippen molar-refractivity contribution >= 4 is 23.1 Å². The SMILES string of the molecule is CCOC(=O)c1ccc(NC(=O)C2=C(c3ccncc3)[C@@H]3CC[C@H](C2)O3)cc1F. The van der Waals surface area contributed by atoms with Gasteiger partial charge in [0.15, 0.2) is 0 Å². The maximum Gasteiger partial charge on any atom is 0.341 e. The van der Waals surface area contributed by atoms with Crippen molar-refractivity contribution in [2.24, 2.45) is 0 Å². The molecule has 2 aromatic rings. The molecule has 1 N–H and O–H groups in total. The molecule has 0 aliphatic carbocycles. The number of benzene rings is 1. The third-order valence-corrected chi connectivity index (χ3v) is 5.17. The molecule has 1 aromatic carbocycles. The van der Waals surface area contributed by atoms with E-state index in [1.165, 1.54) is 12.1 Å². The van der Waals surface area contributed by atoms with E-state index in [9.17, 15) is 14.0 Å². The number of carbonyl (C=O) groups excluding carboxylic acids is 2. The average molecular weight is 396 g/mol. The van der Waals surface area contributed by atoms with Crippen molar-refractivity contribution < 1.29 is 23.5 Å². The quantitative estimate of drug-likeness (QED) is 0.779. The first-order valence-electron chi connectivity index (χ1n) is 9.63. The zero-order valence-electron chi connectivity index (χ0n) is 16.0. The number of rotatable bonds is 5. The normalized spacial score (nSPS) is 20.5. The van der Waals surface area contributed by atoms with Crippen molar-refractivity contribution in [3.8, 4) is 0 Å². The van der Waals surface area contributed by atoms with Gasteiger partial charge in [-0.3, -0.25) is 9.78 Å². The highest BCUT2D eigenvalue weighted by molar-refractivity contribution is 6.10. The molecule has 3 heterocycles. The fourth-order valence-electron chi connectivity index (χ4n) is 3.88. The highest BCUT2D eigenvalue weighted by Gasteiger charge is 2.38. The number of anilines is 1. The lowest BCUT2D eigenvalue weighted by molar-refractivity contribution is -0.113. The first-order valence-corrected chi connectivity index (χ1v) is 9.63. The van der Waals surface area contributed by atoms with Gasteiger partial charge < -0.3 is 14.8 Å². The topological polar surface area (TPSA) is 77.5 Å². The number of amides is 1. The van der Waals surface area contributed by atoms with Gasteiger partial charge in [-0.2, -0.15) is 0 Å². The lowest BCUT2D eigenvalue weighted by atomic mass is 9.92. The summed E-state index contributed by atoms with van der Waals surface area (Å²) in [6, 6.07) is 7.66. The van der Waals surface area contributed by atoms with Crippen LogP contribution in [0.2, 0.25) is 0 Å². The molecule has 2 bridgehead atoms. The molecule has 2 aliphatic heterocycles. The largest absolute Gasteiger partial charge is 0.462 e. The van der Waals surface area contributed by atoms with E-state index in [1.807, 2.05) is 12.1 Å². The first kappa shape index (κ1) is 19.3. The predicted octanol–water partition coefficient (Wildman–Crippen LogP) is 3.74. The Morgan fingerprint density at radius 3 is 2.76 bits per heavy atom. The molecule has 1 fully saturated rings. The molecule has 2 aliphatic rings. The molecule has 29 heavy (non-hydrogen) atoms. The summed E-state index contributed by atoms with van der Waals surface area (Å²) in [7, 11) is 0. The van der Waals surface area contributed by atoms with Crippen molar-refractivity contribution in [3.63, 3.8) is 0 Å². The number of nitrogens with one attached hydrogen (secondary N) is 1. The Morgan fingerprint density at radius 1 is 1.24 bits per heavy atom. The number of carbonyl (C=O) groups is 2. The van der Waals surface area contributed by atoms with Crippen LogP contribution in [0.1, 0.15) is 42.1 Å². The van der Waals surface area contributed by atoms with Gasteiger partial charge in [0, 0.05) is 30.1 Å². The number of esters is 1. The Bertz CT molecular complexity index is 974. The number of pyridine rings is 1. The van der Waals surface area contributed by atoms with Gasteiger partial charge in [-0.25, -0.2) is 9.18 Å². The van der Waals surface area contributed by atoms with E-state index in [1.54, 1.807) is 19.3 Å². The Labute approximate surface area is 167 Å². The van der Waals surface area contributed by atoms with Crippen LogP contribution in [0.5, 0.6) is 0 Å². The smallest absolute Gasteiger partial charge is 0.341 e. The molecule has 4 rings (SSSR count). The summed E-state index contributed by atoms with van der Waals surface area (Å²) >= 11 is 0. The van der Waals surface area contributed by atoms with Crippen LogP contribution in [0, 0.1) is 5.82 Å². The standard InChI is InChI=1S/C22H21FN2O4/c1-2-28-22(27)16-5-3-14(11-18(16)23)25-21(26)17-12-15-4-6-19(29-15)20(17)13-7-9-24-10-8-13/h3,5,7-11,15,19H,2,4,6,12H2,1H3,(H,25,26)/t15-,19+/m1/s1. The van der Waals surface area contributed by atoms with Gasteiger partial charge in [0.2, 0.25) is 0 Å². The third kappa shape index (κ3) is 3.91. The predicted molar refractivity (Wildman–Crippen MR) is 105 cm³/mol. The minimum atomic E-state index is -0.739. The lowest BCUT2D eigenvalue weighted by Crippen LogP contribution is -2.27. The molecular formula is C22H21FN2O4. The highest BCUT2D eigenvalue weighted by atomic mass is 19.1. The van der Waals surface area contributed by atoms with Crippen LogP contribution in [0.15, 0.2) is 48.3 Å². The molecule has 0 unspecified atom stereocenters. The van der Waals surface area contributed by atoms with Gasteiger partial charge >= 0.3 is 5.97 Å². The van der Waals surface area contributed by atoms with Crippen LogP contribution in [-0.4, -0.2) is 35.7 Å². The highest BCUT2D eigenvalue weighted by Crippen LogP contribution is 2.41. The number of hydrogen-bond acceptors (Lipinski definition) is 5. The number of hydrogen-bond donors (Lipinski definition) is 1. The fraction of sp³-hybridized carbons (Fsp3) is 0.318. The first-order chi connectivity index (χ1) is 14.1. The Balaban J connectivity index is 1.61. The van der Waals surface area contributed by atoms with Crippen molar-refractivity contribution in [1.82, 2.24) is 4.98 Å². The minimum Gasteiger partial charge on any atom is -0.462 e. The van der Waals surface area contributed by atoms with Gasteiger partial charge in [-0.15, -0.1) is 0 Å². The number of nitrogens with zero attached hydrogens (tertiary/aromatic N) is 1. The molecule has 150 valence electrons. The molecule has 2 atom stereocenters. The second-order valence-corrected chi connectivity index (χ2v) is 7.03. The van der Waals surface area contributed by atoms with Gasteiger partial charge in [0.1, 0.15) is 5.82 Å². The number of fused-ring (bicyclic) bond motifs is 2. The number of aromatic nitrogens is 1. The zero-order chi connectivity index (χ0) is 20.4. The van der Waals surface area contributed by atoms with E-state index in [4.69, 9.17) is 9.47 Å². The summed E-state index contributed by atoms with van der Waals surface area (Å²) < 4.78 is 25.1. The average Bonchev–Trinajstić information content (AvgIpc) is 3.09. The maximum atomic E-state index is 14.3. The molecule has 1 saturated heterocycles. The molecule has 6 nitrogen and oxygen atoms in total. The van der Waals surface area contributed by atoms with Crippen LogP contribution >= 0.6 is 0 Å².